The van der Waals surface area contributed by atoms with Crippen LogP contribution in [0.25, 0.3) is 0 Å². The average Bonchev–Trinajstić information content (AvgIpc) is 2.89. The maximum absolute atomic E-state index is 11.6. The number of nitrogens with two attached hydrogens (primary N) is 1. The molecular weight excluding hydrogens is 206 g/mol. The Kier molecular flexibility index (Phi) is 2.90. The van der Waals surface area contributed by atoms with Gasteiger partial charge in [0.25, 0.3) is 5.91 Å². The molecular formula is C10H13N5O. The minimum atomic E-state index is -0.163. The minimum Gasteiger partial charge on any atom is -0.397 e. The third-order valence-corrected chi connectivity index (χ3v) is 2.14. The van der Waals surface area contributed by atoms with Crippen LogP contribution in [0.5, 0.6) is 0 Å². The van der Waals surface area contributed by atoms with Crippen molar-refractivity contribution in [1.82, 2.24) is 20.1 Å². The van der Waals surface area contributed by atoms with Gasteiger partial charge in [-0.15, -0.1) is 0 Å². The van der Waals surface area contributed by atoms with Crippen molar-refractivity contribution in [3.8, 4) is 0 Å². The smallest absolute Gasteiger partial charge is 0.267 e. The number of aromatic amines is 1. The highest BCUT2D eigenvalue weighted by atomic mass is 16.1. The molecule has 2 aromatic heterocycles. The molecule has 4 N–H and O–H groups in total. The van der Waals surface area contributed by atoms with Gasteiger partial charge >= 0.3 is 0 Å². The first-order valence-corrected chi connectivity index (χ1v) is 4.95. The first kappa shape index (κ1) is 10.3. The highest BCUT2D eigenvalue weighted by Crippen LogP contribution is 2.03. The molecule has 0 bridgehead atoms. The number of aromatic nitrogens is 3. The van der Waals surface area contributed by atoms with Gasteiger partial charge in [-0.2, -0.15) is 5.10 Å². The largest absolute Gasteiger partial charge is 0.397 e. The molecule has 0 saturated carbocycles. The lowest BCUT2D eigenvalue weighted by Crippen LogP contribution is -2.27. The second kappa shape index (κ2) is 4.52. The Morgan fingerprint density at radius 3 is 3.12 bits per heavy atom. The van der Waals surface area contributed by atoms with Crippen molar-refractivity contribution >= 4 is 11.6 Å². The van der Waals surface area contributed by atoms with Crippen LogP contribution >= 0.6 is 0 Å². The molecule has 84 valence electrons. The van der Waals surface area contributed by atoms with Crippen LogP contribution in [0.3, 0.4) is 0 Å². The van der Waals surface area contributed by atoms with Crippen LogP contribution in [0.15, 0.2) is 30.7 Å². The molecule has 0 aliphatic carbocycles. The summed E-state index contributed by atoms with van der Waals surface area (Å²) in [7, 11) is 0. The fraction of sp³-hybridized carbons (Fsp3) is 0.200. The lowest BCUT2D eigenvalue weighted by atomic mass is 10.4. The van der Waals surface area contributed by atoms with Gasteiger partial charge in [-0.3, -0.25) is 9.48 Å². The number of hydrogen-bond acceptors (Lipinski definition) is 3. The van der Waals surface area contributed by atoms with Crippen molar-refractivity contribution in [3.63, 3.8) is 0 Å². The highest BCUT2D eigenvalue weighted by Gasteiger charge is 2.06. The van der Waals surface area contributed by atoms with Crippen LogP contribution < -0.4 is 11.1 Å². The van der Waals surface area contributed by atoms with Gasteiger partial charge in [0.1, 0.15) is 5.69 Å². The monoisotopic (exact) mass is 219 g/mol. The van der Waals surface area contributed by atoms with E-state index in [1.54, 1.807) is 23.1 Å². The third kappa shape index (κ3) is 2.41. The summed E-state index contributed by atoms with van der Waals surface area (Å²) in [6.45, 7) is 1.17. The molecule has 0 unspecified atom stereocenters. The SMILES string of the molecule is Nc1c[nH]c(C(=O)NCCn2cccn2)c1. The van der Waals surface area contributed by atoms with Crippen LogP contribution in [0.2, 0.25) is 0 Å². The van der Waals surface area contributed by atoms with E-state index >= 15 is 0 Å². The number of carbonyl (C=O) groups is 1. The Labute approximate surface area is 92.5 Å². The molecule has 2 rings (SSSR count). The Hall–Kier alpha value is -2.24. The topological polar surface area (TPSA) is 88.7 Å². The quantitative estimate of drug-likeness (QED) is 0.687. The molecule has 16 heavy (non-hydrogen) atoms. The predicted molar refractivity (Wildman–Crippen MR) is 59.8 cm³/mol. The van der Waals surface area contributed by atoms with Gasteiger partial charge in [-0.25, -0.2) is 0 Å². The van der Waals surface area contributed by atoms with E-state index in [-0.39, 0.29) is 5.91 Å². The normalized spacial score (nSPS) is 10.2. The maximum atomic E-state index is 11.6. The summed E-state index contributed by atoms with van der Waals surface area (Å²) in [5, 5.41) is 6.79. The molecule has 0 radical (unpaired) electrons. The molecule has 2 heterocycles. The third-order valence-electron chi connectivity index (χ3n) is 2.14. The van der Waals surface area contributed by atoms with Crippen molar-refractivity contribution in [3.05, 3.63) is 36.4 Å². The number of nitrogens with one attached hydrogen (secondary N) is 2. The molecule has 1 amide bonds. The van der Waals surface area contributed by atoms with Gasteiger partial charge in [0, 0.05) is 30.8 Å². The van der Waals surface area contributed by atoms with E-state index in [0.717, 1.165) is 0 Å². The van der Waals surface area contributed by atoms with Crippen molar-refractivity contribution in [2.75, 3.05) is 12.3 Å². The van der Waals surface area contributed by atoms with Crippen LogP contribution in [0.1, 0.15) is 10.5 Å². The summed E-state index contributed by atoms with van der Waals surface area (Å²) in [6.07, 6.45) is 5.13. The van der Waals surface area contributed by atoms with E-state index < -0.39 is 0 Å². The number of H-pyrrole nitrogens is 1. The summed E-state index contributed by atoms with van der Waals surface area (Å²) < 4.78 is 1.75. The van der Waals surface area contributed by atoms with Crippen molar-refractivity contribution < 1.29 is 4.79 Å². The molecule has 2 aromatic rings. The van der Waals surface area contributed by atoms with E-state index in [1.807, 2.05) is 12.3 Å². The summed E-state index contributed by atoms with van der Waals surface area (Å²) in [5.74, 6) is -0.163. The molecule has 0 saturated heterocycles. The number of amides is 1. The molecule has 6 nitrogen and oxygen atoms in total. The lowest BCUT2D eigenvalue weighted by molar-refractivity contribution is 0.0947. The molecule has 0 aromatic carbocycles. The van der Waals surface area contributed by atoms with E-state index in [2.05, 4.69) is 15.4 Å². The number of hydrogen-bond donors (Lipinski definition) is 3. The zero-order chi connectivity index (χ0) is 11.4. The van der Waals surface area contributed by atoms with Gasteiger partial charge in [0.2, 0.25) is 0 Å². The van der Waals surface area contributed by atoms with Crippen molar-refractivity contribution in [2.45, 2.75) is 6.54 Å². The van der Waals surface area contributed by atoms with Crippen LogP contribution in [-0.2, 0) is 6.54 Å². The molecule has 6 heteroatoms. The first-order chi connectivity index (χ1) is 7.75. The minimum absolute atomic E-state index is 0.163. The number of anilines is 1. The van der Waals surface area contributed by atoms with Crippen LogP contribution in [-0.4, -0.2) is 27.2 Å². The lowest BCUT2D eigenvalue weighted by Gasteiger charge is -2.03. The number of carbonyl (C=O) groups excluding carboxylic acids is 1. The molecule has 0 aliphatic rings. The van der Waals surface area contributed by atoms with E-state index in [0.29, 0.717) is 24.5 Å². The van der Waals surface area contributed by atoms with E-state index in [4.69, 9.17) is 5.73 Å². The Morgan fingerprint density at radius 1 is 1.62 bits per heavy atom. The zero-order valence-electron chi connectivity index (χ0n) is 8.68. The van der Waals surface area contributed by atoms with Gasteiger partial charge in [0.05, 0.1) is 6.54 Å². The second-order valence-corrected chi connectivity index (χ2v) is 3.37. The van der Waals surface area contributed by atoms with Gasteiger partial charge in [-0.1, -0.05) is 0 Å². The van der Waals surface area contributed by atoms with E-state index in [1.165, 1.54) is 0 Å². The summed E-state index contributed by atoms with van der Waals surface area (Å²) in [4.78, 5) is 14.3. The molecule has 0 spiro atoms. The predicted octanol–water partition coefficient (Wildman–Crippen LogP) is 0.223. The van der Waals surface area contributed by atoms with Crippen molar-refractivity contribution in [1.29, 1.82) is 0 Å². The van der Waals surface area contributed by atoms with Gasteiger partial charge in [0.15, 0.2) is 0 Å². The van der Waals surface area contributed by atoms with Crippen LogP contribution in [0.4, 0.5) is 5.69 Å². The Balaban J connectivity index is 1.80. The fourth-order valence-electron chi connectivity index (χ4n) is 1.35. The van der Waals surface area contributed by atoms with Crippen LogP contribution in [0, 0.1) is 0 Å². The average molecular weight is 219 g/mol. The summed E-state index contributed by atoms with van der Waals surface area (Å²) in [5.41, 5.74) is 6.52. The second-order valence-electron chi connectivity index (χ2n) is 3.37. The summed E-state index contributed by atoms with van der Waals surface area (Å²) in [6, 6.07) is 3.44. The highest BCUT2D eigenvalue weighted by molar-refractivity contribution is 5.93. The number of nitrogen functional groups attached to an aromatic ring is 1. The molecule has 0 aliphatic heterocycles. The number of rotatable bonds is 4. The summed E-state index contributed by atoms with van der Waals surface area (Å²) >= 11 is 0. The zero-order valence-corrected chi connectivity index (χ0v) is 8.68. The molecule has 0 fully saturated rings. The Morgan fingerprint density at radius 2 is 2.50 bits per heavy atom. The molecule has 0 atom stereocenters. The fourth-order valence-corrected chi connectivity index (χ4v) is 1.35. The first-order valence-electron chi connectivity index (χ1n) is 4.95. The maximum Gasteiger partial charge on any atom is 0.267 e. The van der Waals surface area contributed by atoms with E-state index in [9.17, 15) is 4.79 Å². The Bertz CT molecular complexity index is 459. The standard InChI is InChI=1S/C10H13N5O/c11-8-6-9(13-7-8)10(16)12-3-5-15-4-1-2-14-15/h1-2,4,6-7,13H,3,5,11H2,(H,12,16). The van der Waals surface area contributed by atoms with Gasteiger partial charge < -0.3 is 16.0 Å². The number of nitrogens with zero attached hydrogens (tertiary/aromatic N) is 2. The van der Waals surface area contributed by atoms with Gasteiger partial charge in [-0.05, 0) is 12.1 Å². The van der Waals surface area contributed by atoms with Crippen molar-refractivity contribution in [2.24, 2.45) is 0 Å².